The van der Waals surface area contributed by atoms with E-state index in [0.29, 0.717) is 18.7 Å². The molecule has 2 amide bonds. The highest BCUT2D eigenvalue weighted by molar-refractivity contribution is 5.96. The third kappa shape index (κ3) is 2.47. The van der Waals surface area contributed by atoms with Crippen LogP contribution in [0.3, 0.4) is 0 Å². The first kappa shape index (κ1) is 13.6. The molecule has 2 N–H and O–H groups in total. The Bertz CT molecular complexity index is 521. The molecule has 104 valence electrons. The summed E-state index contributed by atoms with van der Waals surface area (Å²) >= 11 is 0. The van der Waals surface area contributed by atoms with E-state index in [9.17, 15) is 9.59 Å². The van der Waals surface area contributed by atoms with E-state index in [4.69, 9.17) is 5.73 Å². The molecular weight excluding hydrogens is 244 g/mol. The maximum absolute atomic E-state index is 12.5. The lowest BCUT2D eigenvalue weighted by atomic mass is 9.96. The fourth-order valence-electron chi connectivity index (χ4n) is 2.64. The van der Waals surface area contributed by atoms with E-state index in [1.807, 2.05) is 20.9 Å². The zero-order valence-corrected chi connectivity index (χ0v) is 11.6. The number of aryl methyl sites for hydroxylation is 2. The van der Waals surface area contributed by atoms with Crippen molar-refractivity contribution in [3.63, 3.8) is 0 Å². The van der Waals surface area contributed by atoms with E-state index < -0.39 is 0 Å². The highest BCUT2D eigenvalue weighted by atomic mass is 16.2. The molecule has 6 nitrogen and oxygen atoms in total. The average Bonchev–Trinajstić information content (AvgIpc) is 2.62. The lowest BCUT2D eigenvalue weighted by Gasteiger charge is -2.31. The van der Waals surface area contributed by atoms with E-state index in [-0.39, 0.29) is 17.7 Å². The van der Waals surface area contributed by atoms with Gasteiger partial charge in [0.1, 0.15) is 0 Å². The quantitative estimate of drug-likeness (QED) is 0.838. The van der Waals surface area contributed by atoms with E-state index in [1.54, 1.807) is 9.58 Å². The fraction of sp³-hybridized carbons (Fsp3) is 0.615. The van der Waals surface area contributed by atoms with Gasteiger partial charge in [0.05, 0.1) is 17.2 Å². The van der Waals surface area contributed by atoms with Crippen LogP contribution >= 0.6 is 0 Å². The SMILES string of the molecule is Cc1nn(C)c(C)c1C(=O)N1CCCC(C(N)=O)C1. The molecule has 1 unspecified atom stereocenters. The number of nitrogens with zero attached hydrogens (tertiary/aromatic N) is 3. The molecule has 0 bridgehead atoms. The highest BCUT2D eigenvalue weighted by Gasteiger charge is 2.30. The van der Waals surface area contributed by atoms with Gasteiger partial charge in [0, 0.05) is 25.8 Å². The van der Waals surface area contributed by atoms with Crippen LogP contribution in [0.2, 0.25) is 0 Å². The number of rotatable bonds is 2. The topological polar surface area (TPSA) is 81.2 Å². The molecule has 1 saturated heterocycles. The summed E-state index contributed by atoms with van der Waals surface area (Å²) in [6.07, 6.45) is 1.59. The van der Waals surface area contributed by atoms with Crippen LogP contribution in [-0.4, -0.2) is 39.6 Å². The zero-order chi connectivity index (χ0) is 14.2. The van der Waals surface area contributed by atoms with Gasteiger partial charge in [-0.2, -0.15) is 5.10 Å². The zero-order valence-electron chi connectivity index (χ0n) is 11.6. The summed E-state index contributed by atoms with van der Waals surface area (Å²) in [6, 6.07) is 0. The first-order chi connectivity index (χ1) is 8.91. The smallest absolute Gasteiger partial charge is 0.257 e. The summed E-state index contributed by atoms with van der Waals surface area (Å²) < 4.78 is 1.71. The van der Waals surface area contributed by atoms with Crippen molar-refractivity contribution in [1.82, 2.24) is 14.7 Å². The van der Waals surface area contributed by atoms with Crippen LogP contribution < -0.4 is 5.73 Å². The summed E-state index contributed by atoms with van der Waals surface area (Å²) in [5.41, 5.74) is 7.56. The van der Waals surface area contributed by atoms with Crippen molar-refractivity contribution in [2.75, 3.05) is 13.1 Å². The lowest BCUT2D eigenvalue weighted by molar-refractivity contribution is -0.123. The third-order valence-electron chi connectivity index (χ3n) is 3.83. The third-order valence-corrected chi connectivity index (χ3v) is 3.83. The maximum Gasteiger partial charge on any atom is 0.257 e. The first-order valence-corrected chi connectivity index (χ1v) is 6.50. The van der Waals surface area contributed by atoms with E-state index in [0.717, 1.165) is 24.2 Å². The Hall–Kier alpha value is -1.85. The van der Waals surface area contributed by atoms with Gasteiger partial charge in [-0.25, -0.2) is 0 Å². The van der Waals surface area contributed by atoms with Crippen LogP contribution in [0, 0.1) is 19.8 Å². The van der Waals surface area contributed by atoms with E-state index in [2.05, 4.69) is 5.10 Å². The van der Waals surface area contributed by atoms with Gasteiger partial charge in [-0.15, -0.1) is 0 Å². The molecule has 0 aliphatic carbocycles. The summed E-state index contributed by atoms with van der Waals surface area (Å²) in [5, 5.41) is 4.26. The van der Waals surface area contributed by atoms with Gasteiger partial charge >= 0.3 is 0 Å². The molecule has 0 aromatic carbocycles. The Morgan fingerprint density at radius 1 is 1.37 bits per heavy atom. The number of piperidine rings is 1. The standard InChI is InChI=1S/C13H20N4O2/c1-8-11(9(2)16(3)15-8)13(19)17-6-4-5-10(7-17)12(14)18/h10H,4-7H2,1-3H3,(H2,14,18). The van der Waals surface area contributed by atoms with Crippen molar-refractivity contribution in [3.8, 4) is 0 Å². The molecule has 19 heavy (non-hydrogen) atoms. The minimum Gasteiger partial charge on any atom is -0.369 e. The van der Waals surface area contributed by atoms with Crippen LogP contribution in [0.5, 0.6) is 0 Å². The van der Waals surface area contributed by atoms with Gasteiger partial charge in [0.15, 0.2) is 0 Å². The molecular formula is C13H20N4O2. The minimum atomic E-state index is -0.322. The normalized spacial score (nSPS) is 19.5. The van der Waals surface area contributed by atoms with Crippen LogP contribution in [0.25, 0.3) is 0 Å². The molecule has 0 spiro atoms. The predicted octanol–water partition coefficient (Wildman–Crippen LogP) is 0.374. The number of amides is 2. The Balaban J connectivity index is 2.22. The Kier molecular flexibility index (Phi) is 3.59. The van der Waals surface area contributed by atoms with E-state index in [1.165, 1.54) is 0 Å². The van der Waals surface area contributed by atoms with Gasteiger partial charge in [-0.3, -0.25) is 14.3 Å². The van der Waals surface area contributed by atoms with E-state index >= 15 is 0 Å². The van der Waals surface area contributed by atoms with Gasteiger partial charge < -0.3 is 10.6 Å². The Labute approximate surface area is 112 Å². The van der Waals surface area contributed by atoms with Crippen molar-refractivity contribution in [2.45, 2.75) is 26.7 Å². The molecule has 6 heteroatoms. The number of primary amides is 1. The van der Waals surface area contributed by atoms with Gasteiger partial charge in [0.25, 0.3) is 5.91 Å². The summed E-state index contributed by atoms with van der Waals surface area (Å²) in [6.45, 7) is 4.80. The molecule has 1 aromatic rings. The Morgan fingerprint density at radius 2 is 2.05 bits per heavy atom. The average molecular weight is 264 g/mol. The lowest BCUT2D eigenvalue weighted by Crippen LogP contribution is -2.44. The number of carbonyl (C=O) groups is 2. The molecule has 0 radical (unpaired) electrons. The second-order valence-electron chi connectivity index (χ2n) is 5.16. The van der Waals surface area contributed by atoms with Crippen LogP contribution in [-0.2, 0) is 11.8 Å². The number of hydrogen-bond donors (Lipinski definition) is 1. The molecule has 0 saturated carbocycles. The number of nitrogens with two attached hydrogens (primary N) is 1. The monoisotopic (exact) mass is 264 g/mol. The van der Waals surface area contributed by atoms with Crippen molar-refractivity contribution < 1.29 is 9.59 Å². The fourth-order valence-corrected chi connectivity index (χ4v) is 2.64. The molecule has 1 aliphatic rings. The summed E-state index contributed by atoms with van der Waals surface area (Å²) in [5.74, 6) is -0.596. The van der Waals surface area contributed by atoms with Crippen LogP contribution in [0.15, 0.2) is 0 Å². The van der Waals surface area contributed by atoms with Gasteiger partial charge in [0.2, 0.25) is 5.91 Å². The van der Waals surface area contributed by atoms with Crippen molar-refractivity contribution >= 4 is 11.8 Å². The molecule has 2 rings (SSSR count). The van der Waals surface area contributed by atoms with Gasteiger partial charge in [-0.1, -0.05) is 0 Å². The number of carbonyl (C=O) groups excluding carboxylic acids is 2. The van der Waals surface area contributed by atoms with Crippen LogP contribution in [0.1, 0.15) is 34.6 Å². The number of hydrogen-bond acceptors (Lipinski definition) is 3. The highest BCUT2D eigenvalue weighted by Crippen LogP contribution is 2.21. The van der Waals surface area contributed by atoms with Crippen molar-refractivity contribution in [3.05, 3.63) is 17.0 Å². The second kappa shape index (κ2) is 5.03. The molecule has 2 heterocycles. The summed E-state index contributed by atoms with van der Waals surface area (Å²) in [7, 11) is 1.82. The largest absolute Gasteiger partial charge is 0.369 e. The van der Waals surface area contributed by atoms with Crippen molar-refractivity contribution in [2.24, 2.45) is 18.7 Å². The van der Waals surface area contributed by atoms with Crippen LogP contribution in [0.4, 0.5) is 0 Å². The predicted molar refractivity (Wildman–Crippen MR) is 70.5 cm³/mol. The minimum absolute atomic E-state index is 0.0472. The first-order valence-electron chi connectivity index (χ1n) is 6.50. The van der Waals surface area contributed by atoms with Gasteiger partial charge in [-0.05, 0) is 26.7 Å². The number of aromatic nitrogens is 2. The van der Waals surface area contributed by atoms with Crippen molar-refractivity contribution in [1.29, 1.82) is 0 Å². The molecule has 1 fully saturated rings. The molecule has 1 aliphatic heterocycles. The summed E-state index contributed by atoms with van der Waals surface area (Å²) in [4.78, 5) is 25.5. The Morgan fingerprint density at radius 3 is 2.58 bits per heavy atom. The number of likely N-dealkylation sites (tertiary alicyclic amines) is 1. The molecule has 1 aromatic heterocycles. The second-order valence-corrected chi connectivity index (χ2v) is 5.16. The molecule has 1 atom stereocenters. The maximum atomic E-state index is 12.5.